The summed E-state index contributed by atoms with van der Waals surface area (Å²) in [6.45, 7) is 27.9. The van der Waals surface area contributed by atoms with E-state index in [0.29, 0.717) is 16.9 Å². The molecule has 23 heteroatoms. The minimum absolute atomic E-state index is 0. The van der Waals surface area contributed by atoms with E-state index in [1.54, 1.807) is 18.2 Å². The second kappa shape index (κ2) is 59.6. The summed E-state index contributed by atoms with van der Waals surface area (Å²) in [4.78, 5) is 76.8. The molecule has 0 aliphatic heterocycles. The van der Waals surface area contributed by atoms with E-state index < -0.39 is 11.6 Å². The number of ketones is 5. The maximum atomic E-state index is 13.1. The zero-order valence-corrected chi connectivity index (χ0v) is 90.8. The molecular formula is C117H101F2Ir5N6O10-5. The van der Waals surface area contributed by atoms with Crippen LogP contribution >= 0.6 is 0 Å². The number of para-hydroxylation sites is 5. The number of halogens is 2. The SMILES string of the molecule is CC(=O)C=C(C)O.CC(=O)C=C(C)O.CC(=O)C=C(C)O.CC(=O)C=C(C)O.CC(=O)C=C(C)O.CC1(C)c2ccccc2-c2c[c-]c(-c3ccc4ccccc4n3)cc21.Cc1cc[c-]c(-c2ccc3ccccc3n2)c1.Fc1[c-]c(-c2ccc3ccccc3n2)cc(F)c1.[C-]#[N+]c1cc[c-]c(-c2ccc3ccccc3n2)c1.[Ir].[Ir].[Ir].[Ir].[Ir].[c-]1ccccc1-c1cc(-c2ccccc2)c2ccccc2n1. The predicted octanol–water partition coefficient (Wildman–Crippen LogP) is 28.8. The minimum atomic E-state index is -0.722. The van der Waals surface area contributed by atoms with E-state index in [0.717, 1.165) is 89.5 Å². The van der Waals surface area contributed by atoms with Crippen LogP contribution in [0.2, 0.25) is 0 Å². The molecule has 0 bridgehead atoms. The van der Waals surface area contributed by atoms with Gasteiger partial charge < -0.3 is 25.5 Å². The second-order valence-electron chi connectivity index (χ2n) is 31.5. The first-order chi connectivity index (χ1) is 64.6. The molecule has 5 aromatic heterocycles. The van der Waals surface area contributed by atoms with Crippen molar-refractivity contribution in [2.75, 3.05) is 0 Å². The summed E-state index contributed by atoms with van der Waals surface area (Å²) in [6.07, 6.45) is 5.83. The van der Waals surface area contributed by atoms with Gasteiger partial charge in [-0.3, -0.25) is 53.7 Å². The summed E-state index contributed by atoms with van der Waals surface area (Å²) < 4.78 is 26.2. The number of aliphatic hydroxyl groups excluding tert-OH is 5. The molecule has 12 aromatic carbocycles. The number of benzene rings is 12. The second-order valence-corrected chi connectivity index (χ2v) is 31.5. The Morgan fingerprint density at radius 1 is 0.329 bits per heavy atom. The zero-order valence-electron chi connectivity index (χ0n) is 78.8. The van der Waals surface area contributed by atoms with Gasteiger partial charge in [0.25, 0.3) is 0 Å². The number of aliphatic hydroxyl groups is 5. The van der Waals surface area contributed by atoms with Gasteiger partial charge in [0.05, 0.1) is 63.0 Å². The van der Waals surface area contributed by atoms with E-state index in [-0.39, 0.29) is 164 Å². The molecule has 1 aliphatic rings. The van der Waals surface area contributed by atoms with E-state index in [2.05, 4.69) is 198 Å². The van der Waals surface area contributed by atoms with Gasteiger partial charge in [-0.05, 0) is 172 Å². The average molecular weight is 2750 g/mol. The summed E-state index contributed by atoms with van der Waals surface area (Å²) in [5.41, 5.74) is 23.0. The molecule has 0 saturated heterocycles. The van der Waals surface area contributed by atoms with Crippen molar-refractivity contribution in [1.82, 2.24) is 24.9 Å². The molecule has 17 aromatic rings. The third kappa shape index (κ3) is 37.9. The molecular weight excluding hydrogens is 2650 g/mol. The predicted molar refractivity (Wildman–Crippen MR) is 539 cm³/mol. The number of carbonyl (C=O) groups excluding carboxylic acids is 5. The minimum Gasteiger partial charge on any atom is -0.512 e. The largest absolute Gasteiger partial charge is 0.512 e. The van der Waals surface area contributed by atoms with Gasteiger partial charge in [0.2, 0.25) is 0 Å². The van der Waals surface area contributed by atoms with Crippen LogP contribution in [0.15, 0.2) is 375 Å². The number of rotatable bonds is 11. The Morgan fingerprint density at radius 3 is 1.09 bits per heavy atom. The Morgan fingerprint density at radius 2 is 0.693 bits per heavy atom. The molecule has 0 atom stereocenters. The molecule has 16 nitrogen and oxygen atoms in total. The molecule has 140 heavy (non-hydrogen) atoms. The van der Waals surface area contributed by atoms with Crippen LogP contribution in [-0.4, -0.2) is 79.4 Å². The van der Waals surface area contributed by atoms with Crippen LogP contribution in [0.5, 0.6) is 0 Å². The fraction of sp³-hybridized carbons (Fsp3) is 0.120. The molecule has 18 rings (SSSR count). The molecule has 1 aliphatic carbocycles. The topological polar surface area (TPSA) is 255 Å². The number of carbonyl (C=O) groups is 5. The van der Waals surface area contributed by atoms with Crippen molar-refractivity contribution in [2.24, 2.45) is 0 Å². The average Bonchev–Trinajstić information content (AvgIpc) is 1.57. The quantitative estimate of drug-likeness (QED) is 0.0458. The molecule has 0 fully saturated rings. The molecule has 0 saturated carbocycles. The normalized spacial score (nSPS) is 11.1. The van der Waals surface area contributed by atoms with E-state index in [4.69, 9.17) is 42.1 Å². The van der Waals surface area contributed by atoms with Gasteiger partial charge in [-0.2, -0.15) is 6.07 Å². The fourth-order valence-electron chi connectivity index (χ4n) is 13.9. The van der Waals surface area contributed by atoms with E-state index in [9.17, 15) is 32.8 Å². The maximum absolute atomic E-state index is 13.1. The number of hydrogen-bond donors (Lipinski definition) is 5. The molecule has 0 amide bonds. The van der Waals surface area contributed by atoms with Gasteiger partial charge in [0.1, 0.15) is 5.69 Å². The Bertz CT molecular complexity index is 7090. The van der Waals surface area contributed by atoms with E-state index in [1.807, 2.05) is 158 Å². The van der Waals surface area contributed by atoms with Crippen molar-refractivity contribution in [3.8, 4) is 78.5 Å². The number of aryl methyl sites for hydroxylation is 1. The Hall–Kier alpha value is -13.7. The smallest absolute Gasteiger partial charge is 0.155 e. The van der Waals surface area contributed by atoms with Gasteiger partial charge in [0, 0.05) is 148 Å². The zero-order chi connectivity index (χ0) is 97.7. The summed E-state index contributed by atoms with van der Waals surface area (Å²) in [6, 6.07) is 119. The number of hydrogen-bond acceptors (Lipinski definition) is 15. The first kappa shape index (κ1) is 119. The van der Waals surface area contributed by atoms with Crippen LogP contribution in [0.4, 0.5) is 14.5 Å². The van der Waals surface area contributed by atoms with E-state index >= 15 is 0 Å². The van der Waals surface area contributed by atoms with Crippen LogP contribution in [0.1, 0.15) is 99.8 Å². The van der Waals surface area contributed by atoms with Crippen LogP contribution < -0.4 is 0 Å². The number of pyridine rings is 5. The van der Waals surface area contributed by atoms with Gasteiger partial charge in [-0.25, -0.2) is 8.78 Å². The molecule has 0 spiro atoms. The van der Waals surface area contributed by atoms with Crippen molar-refractivity contribution in [2.45, 2.75) is 95.4 Å². The van der Waals surface area contributed by atoms with Crippen molar-refractivity contribution in [3.63, 3.8) is 0 Å². The van der Waals surface area contributed by atoms with Gasteiger partial charge in [-0.1, -0.05) is 238 Å². The number of aromatic nitrogens is 5. The Balaban J connectivity index is 0.000000335. The monoisotopic (exact) mass is 2750 g/mol. The Labute approximate surface area is 883 Å². The molecule has 723 valence electrons. The van der Waals surface area contributed by atoms with Gasteiger partial charge in [-0.15, -0.1) is 142 Å². The van der Waals surface area contributed by atoms with Crippen molar-refractivity contribution in [1.29, 1.82) is 0 Å². The summed E-state index contributed by atoms with van der Waals surface area (Å²) in [5.74, 6) is -1.66. The van der Waals surface area contributed by atoms with Crippen molar-refractivity contribution < 1.29 is 159 Å². The standard InChI is InChI=1S/C24H18N.C21H14N.C16H9N2.C16H12N.C15H8F2N.5C5H8O2.5Ir/c1-24(2)20-9-5-4-8-18(20)19-13-11-17(15-21(19)24)23-14-12-16-7-3-6-10-22(16)25-23;1-3-9-16(10-4-1)19-15-21(17-11-5-2-6-12-17)22-20-14-8-7-13-18(19)20;1-17-14-7-4-6-13(11-14)16-10-9-12-5-2-3-8-15(12)18-16;1-12-5-4-7-14(11-12)16-10-9-13-6-2-3-8-15(13)17-16;16-12-7-11(8-13(17)9-12)15-6-5-10-3-1-2-4-14(10)18-15;5*1-4(6)3-5(2)7;;;;;/h3-10,12-15H,1-2H3;1-11,13-15H;2-5,7-11H;2-6,8-11H,1H3;1-7,9H;5*3,6H,1-2H3;;;;;/q5*-1;;;;;;;;;;. The molecule has 0 unspecified atom stereocenters. The van der Waals surface area contributed by atoms with Crippen LogP contribution in [-0.2, 0) is 130 Å². The molecule has 5 N–H and O–H groups in total. The maximum Gasteiger partial charge on any atom is 0.155 e. The summed E-state index contributed by atoms with van der Waals surface area (Å²) in [5, 5.41) is 47.4. The summed E-state index contributed by atoms with van der Waals surface area (Å²) >= 11 is 0. The van der Waals surface area contributed by atoms with Crippen LogP contribution in [0.3, 0.4) is 0 Å². The van der Waals surface area contributed by atoms with Gasteiger partial charge >= 0.3 is 0 Å². The molecule has 5 heterocycles. The van der Waals surface area contributed by atoms with Crippen molar-refractivity contribution in [3.05, 3.63) is 445 Å². The van der Waals surface area contributed by atoms with Crippen molar-refractivity contribution >= 4 is 89.1 Å². The fourth-order valence-corrected chi connectivity index (χ4v) is 13.9. The number of fused-ring (bicyclic) bond motifs is 8. The first-order valence-corrected chi connectivity index (χ1v) is 42.8. The van der Waals surface area contributed by atoms with Crippen LogP contribution in [0, 0.1) is 55.5 Å². The Kier molecular flexibility index (Phi) is 50.5. The summed E-state index contributed by atoms with van der Waals surface area (Å²) in [7, 11) is 0. The third-order valence-electron chi connectivity index (χ3n) is 19.5. The van der Waals surface area contributed by atoms with Gasteiger partial charge in [0.15, 0.2) is 28.9 Å². The molecule has 5 radical (unpaired) electrons. The third-order valence-corrected chi connectivity index (χ3v) is 19.5. The number of nitrogens with zero attached hydrogens (tertiary/aromatic N) is 6. The first-order valence-electron chi connectivity index (χ1n) is 42.8. The van der Waals surface area contributed by atoms with E-state index in [1.165, 1.54) is 161 Å². The van der Waals surface area contributed by atoms with Crippen LogP contribution in [0.25, 0.3) is 138 Å². The number of allylic oxidation sites excluding steroid dienone is 10.